The second-order valence-corrected chi connectivity index (χ2v) is 17.8. The van der Waals surface area contributed by atoms with Gasteiger partial charge in [-0.25, -0.2) is 18.4 Å². The molecule has 1 saturated heterocycles. The lowest BCUT2D eigenvalue weighted by Gasteiger charge is -2.27. The number of fused-ring (bicyclic) bond motifs is 1. The van der Waals surface area contributed by atoms with Crippen LogP contribution in [0.2, 0.25) is 0 Å². The number of hydrogen-bond acceptors (Lipinski definition) is 16. The Kier molecular flexibility index (Phi) is 15.5. The number of rotatable bonds is 22. The van der Waals surface area contributed by atoms with Crippen LogP contribution in [0.4, 0.5) is 10.8 Å². The number of imide groups is 2. The van der Waals surface area contributed by atoms with E-state index in [1.54, 1.807) is 29.8 Å². The number of aromatic nitrogens is 3. The van der Waals surface area contributed by atoms with Crippen LogP contribution in [0, 0.1) is 0 Å². The number of carbonyl (C=O) groups is 7. The van der Waals surface area contributed by atoms with Crippen molar-refractivity contribution >= 4 is 73.5 Å². The Morgan fingerprint density at radius 1 is 0.851 bits per heavy atom. The number of anilines is 2. The van der Waals surface area contributed by atoms with Crippen molar-refractivity contribution in [3.63, 3.8) is 0 Å². The maximum absolute atomic E-state index is 13.0. The molecule has 1 unspecified atom stereocenters. The molecule has 5 heterocycles. The maximum atomic E-state index is 13.0. The number of nitrogens with one attached hydrogen (secondary N) is 5. The molecule has 21 nitrogen and oxygen atoms in total. The third-order valence-electron chi connectivity index (χ3n) is 10.2. The van der Waals surface area contributed by atoms with Gasteiger partial charge in [-0.05, 0) is 53.9 Å². The first-order valence-electron chi connectivity index (χ1n) is 20.9. The van der Waals surface area contributed by atoms with Gasteiger partial charge >= 0.3 is 0 Å². The number of amides is 7. The van der Waals surface area contributed by atoms with Crippen molar-refractivity contribution in [3.8, 4) is 28.3 Å². The van der Waals surface area contributed by atoms with Crippen LogP contribution in [0.1, 0.15) is 50.3 Å². The van der Waals surface area contributed by atoms with Crippen molar-refractivity contribution in [1.29, 1.82) is 0 Å². The molecule has 3 aromatic heterocycles. The molecule has 67 heavy (non-hydrogen) atoms. The van der Waals surface area contributed by atoms with Crippen LogP contribution in [-0.4, -0.2) is 134 Å². The zero-order valence-corrected chi connectivity index (χ0v) is 37.6. The Hall–Kier alpha value is -7.34. The smallest absolute Gasteiger partial charge is 0.262 e. The summed E-state index contributed by atoms with van der Waals surface area (Å²) in [6, 6.07) is 16.3. The van der Waals surface area contributed by atoms with Crippen LogP contribution < -0.4 is 31.3 Å². The van der Waals surface area contributed by atoms with E-state index in [0.29, 0.717) is 35.5 Å². The van der Waals surface area contributed by atoms with Crippen molar-refractivity contribution in [2.75, 3.05) is 69.6 Å². The molecule has 0 spiro atoms. The van der Waals surface area contributed by atoms with E-state index in [9.17, 15) is 42.0 Å². The second kappa shape index (κ2) is 21.8. The fourth-order valence-corrected chi connectivity index (χ4v) is 8.23. The van der Waals surface area contributed by atoms with E-state index < -0.39 is 51.5 Å². The lowest BCUT2D eigenvalue weighted by atomic mass is 10.0. The molecule has 2 aliphatic rings. The van der Waals surface area contributed by atoms with Crippen LogP contribution in [-0.2, 0) is 38.7 Å². The predicted molar refractivity (Wildman–Crippen MR) is 243 cm³/mol. The Labute approximate surface area is 387 Å². The Morgan fingerprint density at radius 2 is 1.63 bits per heavy atom. The van der Waals surface area contributed by atoms with Crippen LogP contribution >= 0.6 is 11.3 Å². The highest BCUT2D eigenvalue weighted by Gasteiger charge is 2.44. The summed E-state index contributed by atoms with van der Waals surface area (Å²) in [5.74, 6) is -3.20. The summed E-state index contributed by atoms with van der Waals surface area (Å²) in [6.45, 7) is 1.56. The molecule has 7 rings (SSSR count). The van der Waals surface area contributed by atoms with E-state index in [1.807, 2.05) is 30.3 Å². The van der Waals surface area contributed by atoms with Crippen molar-refractivity contribution in [1.82, 2.24) is 34.8 Å². The average molecular weight is 956 g/mol. The van der Waals surface area contributed by atoms with Crippen LogP contribution in [0.25, 0.3) is 22.4 Å². The minimum absolute atomic E-state index is 0.0458. The zero-order valence-electron chi connectivity index (χ0n) is 35.9. The third-order valence-corrected chi connectivity index (χ3v) is 12.0. The van der Waals surface area contributed by atoms with E-state index in [-0.39, 0.29) is 81.4 Å². The number of benzene rings is 2. The van der Waals surface area contributed by atoms with Crippen molar-refractivity contribution in [2.24, 2.45) is 0 Å². The molecule has 1 atom stereocenters. The van der Waals surface area contributed by atoms with Gasteiger partial charge in [-0.2, -0.15) is 0 Å². The number of thiazole rings is 1. The molecule has 0 aliphatic carbocycles. The summed E-state index contributed by atoms with van der Waals surface area (Å²) in [5.41, 5.74) is 4.18. The minimum atomic E-state index is -3.54. The molecular formula is C44H45N9O12S2. The van der Waals surface area contributed by atoms with Gasteiger partial charge in [-0.1, -0.05) is 18.2 Å². The van der Waals surface area contributed by atoms with Gasteiger partial charge in [-0.15, -0.1) is 11.3 Å². The topological polar surface area (TPSA) is 275 Å². The molecule has 2 aromatic carbocycles. The summed E-state index contributed by atoms with van der Waals surface area (Å²) in [5, 5.41) is 15.3. The lowest BCUT2D eigenvalue weighted by Crippen LogP contribution is -2.54. The predicted octanol–water partition coefficient (Wildman–Crippen LogP) is 2.28. The van der Waals surface area contributed by atoms with Crippen LogP contribution in [0.5, 0.6) is 5.88 Å². The summed E-state index contributed by atoms with van der Waals surface area (Å²) < 4.78 is 41.1. The summed E-state index contributed by atoms with van der Waals surface area (Å²) in [4.78, 5) is 96.7. The summed E-state index contributed by atoms with van der Waals surface area (Å²) in [6.07, 6.45) is 5.31. The molecule has 0 saturated carbocycles. The Morgan fingerprint density at radius 3 is 2.42 bits per heavy atom. The first-order valence-corrected chi connectivity index (χ1v) is 23.6. The van der Waals surface area contributed by atoms with Crippen LogP contribution in [0.15, 0.2) is 84.6 Å². The number of nitrogens with zero attached hydrogens (tertiary/aromatic N) is 4. The standard InChI is InChI=1S/C44H45N9O12S2/c1-67(61,62)52-15-10-30(25-52)40(57)48-24-38(56)51-44-49-34(26-66-44)29-4-2-3-27(21-29)28-9-12-47-39(22-28)65-18-14-46-36(54)11-16-63-19-20-64-17-13-45-31-5-6-32-33(23-31)43(60)53(42(32)59)35-7-8-37(55)50-41(35)58/h2-6,9-10,12,15,21-23,25-26,35,45H,7-8,11,13-14,16-20,24H2,1H3,(H,46,54)(H,48,57)(H,49,51,56)(H,50,55,58). The Balaban J connectivity index is 0.746. The molecule has 23 heteroatoms. The lowest BCUT2D eigenvalue weighted by molar-refractivity contribution is -0.136. The van der Waals surface area contributed by atoms with Gasteiger partial charge in [0.25, 0.3) is 17.7 Å². The first-order chi connectivity index (χ1) is 32.2. The molecule has 350 valence electrons. The molecule has 7 amide bonds. The second-order valence-electron chi connectivity index (χ2n) is 15.0. The molecule has 0 radical (unpaired) electrons. The minimum Gasteiger partial charge on any atom is -0.476 e. The van der Waals surface area contributed by atoms with E-state index in [1.165, 1.54) is 35.9 Å². The van der Waals surface area contributed by atoms with E-state index >= 15 is 0 Å². The largest absolute Gasteiger partial charge is 0.476 e. The third kappa shape index (κ3) is 12.5. The van der Waals surface area contributed by atoms with Crippen molar-refractivity contribution in [2.45, 2.75) is 25.3 Å². The van der Waals surface area contributed by atoms with E-state index in [4.69, 9.17) is 14.2 Å². The highest BCUT2D eigenvalue weighted by Crippen LogP contribution is 2.31. The molecule has 5 aromatic rings. The molecule has 2 aliphatic heterocycles. The fourth-order valence-electron chi connectivity index (χ4n) is 6.90. The first kappa shape index (κ1) is 47.6. The van der Waals surface area contributed by atoms with Crippen molar-refractivity contribution in [3.05, 3.63) is 101 Å². The van der Waals surface area contributed by atoms with E-state index in [0.717, 1.165) is 31.8 Å². The normalized spacial score (nSPS) is 14.6. The highest BCUT2D eigenvalue weighted by atomic mass is 32.2. The van der Waals surface area contributed by atoms with Crippen molar-refractivity contribution < 1.29 is 56.2 Å². The number of ether oxygens (including phenoxy) is 3. The summed E-state index contributed by atoms with van der Waals surface area (Å²) in [7, 11) is -3.54. The van der Waals surface area contributed by atoms with Gasteiger partial charge in [0.15, 0.2) is 5.13 Å². The maximum Gasteiger partial charge on any atom is 0.262 e. The molecule has 5 N–H and O–H groups in total. The Bertz CT molecular complexity index is 2810. The number of hydrogen-bond donors (Lipinski definition) is 5. The summed E-state index contributed by atoms with van der Waals surface area (Å²) >= 11 is 1.22. The molecule has 1 fully saturated rings. The number of pyridine rings is 1. The van der Waals surface area contributed by atoms with Gasteiger partial charge in [0.2, 0.25) is 39.5 Å². The zero-order chi connectivity index (χ0) is 47.5. The quantitative estimate of drug-likeness (QED) is 0.0492. The fraction of sp³-hybridized carbons (Fsp3) is 0.295. The van der Waals surface area contributed by atoms with Gasteiger partial charge in [-0.3, -0.25) is 47.8 Å². The number of carbonyl (C=O) groups excluding carboxylic acids is 7. The number of piperidine rings is 1. The van der Waals surface area contributed by atoms with Gasteiger partial charge in [0.1, 0.15) is 12.6 Å². The van der Waals surface area contributed by atoms with Gasteiger partial charge in [0.05, 0.1) is 68.2 Å². The van der Waals surface area contributed by atoms with E-state index in [2.05, 4.69) is 36.6 Å². The molecular weight excluding hydrogens is 911 g/mol. The average Bonchev–Trinajstić information content (AvgIpc) is 4.06. The highest BCUT2D eigenvalue weighted by molar-refractivity contribution is 7.89. The van der Waals surface area contributed by atoms with Crippen LogP contribution in [0.3, 0.4) is 0 Å². The SMILES string of the molecule is CS(=O)(=O)n1ccc(C(=O)NCC(=O)Nc2nc(-c3cccc(-c4ccnc(OCCNC(=O)CCOCCOCCNc5ccc6c(c5)C(=O)N(C5CCC(=O)NC5=O)C6=O)c4)c3)cs2)c1. The molecule has 0 bridgehead atoms. The van der Waals surface area contributed by atoms with Gasteiger partial charge < -0.3 is 35.5 Å². The van der Waals surface area contributed by atoms with Gasteiger partial charge in [0, 0.05) is 60.7 Å². The monoisotopic (exact) mass is 955 g/mol.